The first-order valence-corrected chi connectivity index (χ1v) is 28.6. The number of methoxy groups -OCH3 is 3. The molecule has 3 saturated heterocycles. The van der Waals surface area contributed by atoms with E-state index in [1.807, 2.05) is 62.5 Å². The van der Waals surface area contributed by atoms with Gasteiger partial charge in [0.25, 0.3) is 0 Å². The zero-order valence-corrected chi connectivity index (χ0v) is 50.3. The highest BCUT2D eigenvalue weighted by atomic mass is 16.7. The number of nitrogens with one attached hydrogen (secondary N) is 1. The molecule has 4 N–H and O–H groups in total. The molecule has 2 aromatic rings. The van der Waals surface area contributed by atoms with Crippen LogP contribution >= 0.6 is 0 Å². The Labute approximate surface area is 472 Å². The molecule has 80 heavy (non-hydrogen) atoms. The van der Waals surface area contributed by atoms with Crippen LogP contribution in [0.15, 0.2) is 29.2 Å². The van der Waals surface area contributed by atoms with Crippen molar-refractivity contribution < 1.29 is 81.9 Å². The molecule has 0 radical (unpaired) electrons. The molecule has 18 atom stereocenters. The summed E-state index contributed by atoms with van der Waals surface area (Å²) in [4.78, 5) is 70.5. The zero-order chi connectivity index (χ0) is 59.6. The van der Waals surface area contributed by atoms with Crippen molar-refractivity contribution in [1.29, 1.82) is 0 Å². The molecule has 5 rings (SSSR count). The van der Waals surface area contributed by atoms with Crippen molar-refractivity contribution >= 4 is 34.6 Å². The lowest BCUT2D eigenvalue weighted by atomic mass is 9.74. The lowest BCUT2D eigenvalue weighted by Crippen LogP contribution is -2.61. The Hall–Kier alpha value is -3.97. The molecule has 0 saturated carbocycles. The van der Waals surface area contributed by atoms with Crippen LogP contribution in [0.25, 0.3) is 10.9 Å². The monoisotopic (exact) mass is 1130 g/mol. The average Bonchev–Trinajstić information content (AvgIpc) is 3.47. The minimum Gasteiger partial charge on any atom is -0.460 e. The van der Waals surface area contributed by atoms with Crippen LogP contribution in [0.5, 0.6) is 0 Å². The minimum atomic E-state index is -2.03. The third-order valence-electron chi connectivity index (χ3n) is 17.0. The number of hydrogen-bond acceptors (Lipinski definition) is 20. The van der Waals surface area contributed by atoms with Gasteiger partial charge in [-0.2, -0.15) is 0 Å². The van der Waals surface area contributed by atoms with Gasteiger partial charge in [0, 0.05) is 76.2 Å². The maximum Gasteiger partial charge on any atom is 0.343 e. The summed E-state index contributed by atoms with van der Waals surface area (Å²) in [6.45, 7) is 20.6. The smallest absolute Gasteiger partial charge is 0.343 e. The molecular weight excluding hydrogens is 1040 g/mol. The molecule has 1 aromatic heterocycles. The predicted molar refractivity (Wildman–Crippen MR) is 297 cm³/mol. The number of rotatable bonds is 21. The topological polar surface area (TPSA) is 259 Å². The quantitative estimate of drug-likeness (QED) is 0.0748. The number of cyclic esters (lactones) is 1. The highest BCUT2D eigenvalue weighted by molar-refractivity contribution is 5.94. The molecule has 3 aliphatic heterocycles. The lowest BCUT2D eigenvalue weighted by molar-refractivity contribution is -0.320. The number of ether oxygens (including phenoxy) is 10. The third kappa shape index (κ3) is 15.6. The largest absolute Gasteiger partial charge is 0.460 e. The molecule has 21 nitrogen and oxygen atoms in total. The van der Waals surface area contributed by atoms with Gasteiger partial charge in [-0.3, -0.25) is 19.2 Å². The maximum absolute atomic E-state index is 14.6. The summed E-state index contributed by atoms with van der Waals surface area (Å²) in [6, 6.07) is 5.33. The molecule has 0 amide bonds. The number of carbonyl (C=O) groups excluding carboxylic acids is 4. The Morgan fingerprint density at radius 1 is 0.875 bits per heavy atom. The number of aryl methyl sites for hydroxylation is 2. The number of likely N-dealkylation sites (N-methyl/N-ethyl adjacent to an activating group) is 1. The van der Waals surface area contributed by atoms with Gasteiger partial charge in [-0.1, -0.05) is 33.8 Å². The molecule has 0 unspecified atom stereocenters. The first-order valence-electron chi connectivity index (χ1n) is 28.6. The number of Topliss-reactive ketones (excluding diaryl/α,β-unsaturated/α-hetero) is 1. The molecule has 1 aromatic carbocycles. The van der Waals surface area contributed by atoms with Gasteiger partial charge in [0.15, 0.2) is 18.7 Å². The molecule has 0 aliphatic carbocycles. The van der Waals surface area contributed by atoms with Gasteiger partial charge < -0.3 is 77.5 Å². The van der Waals surface area contributed by atoms with Crippen molar-refractivity contribution in [2.75, 3.05) is 61.7 Å². The van der Waals surface area contributed by atoms with Crippen LogP contribution in [-0.4, -0.2) is 194 Å². The Kier molecular flexibility index (Phi) is 24.2. The molecular formula is C59H95N3O18. The standard InChI is InChI=1S/C59H95N3O18/c1-17-44-59(11,70)51(67)35(5)47(64)33(3)30-57(9,72-15)52(80-56-49(66)43(61(12)13)28-34(4)75-56)36(6)50(37(7)54(68)77-44)79-46-31-58(10,73-16)53(38(8)76-46)78-45(63)23-25-60-24-19-20-39-21-22-42-40(29-39)48(65)41(32-62(42)18-2)55(69)74-27-26-71-14/h21-22,29,32-38,43-44,46,49-53,56,60,66-67,70H,17-20,23-28,30-31H2,1-16H3/t33-,34-,35+,36+,37-,38+,43+,44-,46+,49-,50+,51-,52-,53+,56+,57-,58-,59-/m1/s1. The van der Waals surface area contributed by atoms with Gasteiger partial charge in [-0.25, -0.2) is 4.79 Å². The fraction of sp³-hybridized carbons (Fsp3) is 0.780. The molecule has 21 heteroatoms. The fourth-order valence-corrected chi connectivity index (χ4v) is 12.0. The molecule has 3 fully saturated rings. The van der Waals surface area contributed by atoms with Gasteiger partial charge in [-0.05, 0) is 119 Å². The van der Waals surface area contributed by atoms with Crippen LogP contribution in [0.3, 0.4) is 0 Å². The van der Waals surface area contributed by atoms with Crippen molar-refractivity contribution in [2.24, 2.45) is 23.7 Å². The van der Waals surface area contributed by atoms with Gasteiger partial charge in [0.05, 0.1) is 60.6 Å². The van der Waals surface area contributed by atoms with Crippen LogP contribution in [-0.2, 0) is 74.7 Å². The first-order chi connectivity index (χ1) is 37.6. The van der Waals surface area contributed by atoms with Crippen molar-refractivity contribution in [3.63, 3.8) is 0 Å². The second-order valence-electron chi connectivity index (χ2n) is 23.3. The Bertz CT molecular complexity index is 2440. The SMILES string of the molecule is CC[C@H]1OC(=O)[C@H](C)[C@@H](O[C@H]2C[C@@](C)(OC)[C@@H](OC(=O)CCNCCCc3ccc4c(c3)c(=O)c(C(=O)OCCOC)cn4CC)[C@H](C)O2)[C@H](C)[C@@H](O[C@@H]2O[C@H](C)C[C@H](N(C)C)[C@H]2O)[C@](C)(OC)C[C@@H](C)C(=O)[C@H](C)[C@@H](O)[C@]1(C)O. The minimum absolute atomic E-state index is 0.0346. The third-order valence-corrected chi connectivity index (χ3v) is 17.0. The summed E-state index contributed by atoms with van der Waals surface area (Å²) in [6.07, 6.45) is -6.68. The van der Waals surface area contributed by atoms with E-state index in [1.165, 1.54) is 34.4 Å². The van der Waals surface area contributed by atoms with E-state index in [0.29, 0.717) is 49.8 Å². The number of carbonyl (C=O) groups is 4. The van der Waals surface area contributed by atoms with Crippen LogP contribution in [0.4, 0.5) is 0 Å². The van der Waals surface area contributed by atoms with Gasteiger partial charge in [0.2, 0.25) is 5.43 Å². The van der Waals surface area contributed by atoms with Crippen molar-refractivity contribution in [1.82, 2.24) is 14.8 Å². The van der Waals surface area contributed by atoms with E-state index < -0.39 is 119 Å². The summed E-state index contributed by atoms with van der Waals surface area (Å²) >= 11 is 0. The summed E-state index contributed by atoms with van der Waals surface area (Å²) in [5, 5.41) is 39.1. The zero-order valence-electron chi connectivity index (χ0n) is 50.3. The van der Waals surface area contributed by atoms with Gasteiger partial charge in [-0.15, -0.1) is 0 Å². The van der Waals surface area contributed by atoms with E-state index >= 15 is 0 Å². The van der Waals surface area contributed by atoms with Crippen LogP contribution in [0.1, 0.15) is 131 Å². The number of benzene rings is 1. The second-order valence-corrected chi connectivity index (χ2v) is 23.3. The molecule has 0 bridgehead atoms. The predicted octanol–water partition coefficient (Wildman–Crippen LogP) is 4.74. The highest BCUT2D eigenvalue weighted by Gasteiger charge is 2.55. The summed E-state index contributed by atoms with van der Waals surface area (Å²) in [5.74, 6) is -6.01. The number of fused-ring (bicyclic) bond motifs is 1. The Balaban J connectivity index is 1.33. The summed E-state index contributed by atoms with van der Waals surface area (Å²) in [5.41, 5.74) is -3.31. The first kappa shape index (κ1) is 66.8. The number of aliphatic hydroxyl groups excluding tert-OH is 2. The fourth-order valence-electron chi connectivity index (χ4n) is 12.0. The summed E-state index contributed by atoms with van der Waals surface area (Å²) in [7, 11) is 8.24. The summed E-state index contributed by atoms with van der Waals surface area (Å²) < 4.78 is 63.5. The van der Waals surface area contributed by atoms with E-state index in [0.717, 1.165) is 5.56 Å². The molecule has 3 aliphatic rings. The van der Waals surface area contributed by atoms with Crippen molar-refractivity contribution in [2.45, 2.75) is 212 Å². The number of esters is 3. The molecule has 4 heterocycles. The number of nitrogens with zero attached hydrogens (tertiary/aromatic N) is 2. The van der Waals surface area contributed by atoms with Crippen LogP contribution in [0, 0.1) is 23.7 Å². The van der Waals surface area contributed by atoms with Crippen molar-refractivity contribution in [3.05, 3.63) is 45.7 Å². The van der Waals surface area contributed by atoms with Gasteiger partial charge >= 0.3 is 17.9 Å². The van der Waals surface area contributed by atoms with E-state index in [9.17, 15) is 39.3 Å². The Morgan fingerprint density at radius 3 is 2.17 bits per heavy atom. The average molecular weight is 1130 g/mol. The normalized spacial score (nSPS) is 35.9. The Morgan fingerprint density at radius 2 is 1.55 bits per heavy atom. The molecule has 454 valence electrons. The van der Waals surface area contributed by atoms with Crippen molar-refractivity contribution in [3.8, 4) is 0 Å². The van der Waals surface area contributed by atoms with Crippen LogP contribution < -0.4 is 10.7 Å². The second kappa shape index (κ2) is 29.0. The number of pyridine rings is 1. The van der Waals surface area contributed by atoms with Crippen LogP contribution in [0.2, 0.25) is 0 Å². The highest BCUT2D eigenvalue weighted by Crippen LogP contribution is 2.42. The number of aromatic nitrogens is 1. The van der Waals surface area contributed by atoms with E-state index in [2.05, 4.69) is 5.32 Å². The van der Waals surface area contributed by atoms with E-state index in [4.69, 9.17) is 47.4 Å². The molecule has 0 spiro atoms. The van der Waals surface area contributed by atoms with Gasteiger partial charge in [0.1, 0.15) is 41.4 Å². The lowest BCUT2D eigenvalue weighted by Gasteiger charge is -2.50. The number of aliphatic hydroxyl groups is 3. The van der Waals surface area contributed by atoms with E-state index in [-0.39, 0.29) is 62.4 Å². The number of ketones is 1. The number of hydrogen-bond donors (Lipinski definition) is 4. The van der Waals surface area contributed by atoms with E-state index in [1.54, 1.807) is 48.5 Å². The maximum atomic E-state index is 14.6.